The standard InChI is InChI=1S/C76H145NO8/c1-6-8-10-12-14-16-18-20-22-24-26-28-30-32-34-36-37-39-41-43-45-47-49-51-53-55-57-59-61-63-65-67-74(79)85-72(71-84-76(75(80)81)82-69-68-77(3,4)5)70-83-73(78)66-64-62-60-58-56-54-52-50-48-46-44-42-40-38-35-33-31-29-27-25-23-21-19-17-15-13-11-9-7-2/h24-27,72,76H,6-23,28-71H2,1-5H3/b26-24-,27-25-. The van der Waals surface area contributed by atoms with Gasteiger partial charge < -0.3 is 33.3 Å². The van der Waals surface area contributed by atoms with Gasteiger partial charge in [-0.25, -0.2) is 0 Å². The van der Waals surface area contributed by atoms with Crippen LogP contribution in [0.5, 0.6) is 0 Å². The second-order valence-corrected chi connectivity index (χ2v) is 26.9. The number of nitrogens with zero attached hydrogens (tertiary/aromatic N) is 1. The van der Waals surface area contributed by atoms with E-state index in [-0.39, 0.29) is 32.2 Å². The Morgan fingerprint density at radius 3 is 0.871 bits per heavy atom. The summed E-state index contributed by atoms with van der Waals surface area (Å²) in [5.74, 6) is -2.25. The molecule has 0 heterocycles. The Balaban J connectivity index is 4.02. The molecule has 0 aliphatic carbocycles. The van der Waals surface area contributed by atoms with Crippen molar-refractivity contribution in [2.75, 3.05) is 47.5 Å². The molecule has 0 aromatic heterocycles. The fraction of sp³-hybridized carbons (Fsp3) is 0.908. The van der Waals surface area contributed by atoms with Crippen LogP contribution in [0.1, 0.15) is 386 Å². The first-order chi connectivity index (χ1) is 41.6. The molecule has 0 bridgehead atoms. The zero-order chi connectivity index (χ0) is 61.9. The normalized spacial score (nSPS) is 12.7. The van der Waals surface area contributed by atoms with Gasteiger partial charge in [-0.05, 0) is 64.2 Å². The molecular formula is C76H145NO8. The molecule has 0 saturated heterocycles. The predicted molar refractivity (Wildman–Crippen MR) is 362 cm³/mol. The lowest BCUT2D eigenvalue weighted by Crippen LogP contribution is -2.44. The summed E-state index contributed by atoms with van der Waals surface area (Å²) in [7, 11) is 5.95. The molecular weight excluding hydrogens is 1050 g/mol. The summed E-state index contributed by atoms with van der Waals surface area (Å²) in [6.45, 7) is 4.83. The van der Waals surface area contributed by atoms with Crippen molar-refractivity contribution in [2.45, 2.75) is 399 Å². The summed E-state index contributed by atoms with van der Waals surface area (Å²) in [4.78, 5) is 37.5. The minimum Gasteiger partial charge on any atom is -0.545 e. The zero-order valence-electron chi connectivity index (χ0n) is 57.5. The highest BCUT2D eigenvalue weighted by molar-refractivity contribution is 5.70. The van der Waals surface area contributed by atoms with Gasteiger partial charge in [0.05, 0.1) is 40.3 Å². The van der Waals surface area contributed by atoms with Crippen LogP contribution in [0.2, 0.25) is 0 Å². The minimum absolute atomic E-state index is 0.152. The van der Waals surface area contributed by atoms with Gasteiger partial charge in [-0.3, -0.25) is 9.59 Å². The highest BCUT2D eigenvalue weighted by Gasteiger charge is 2.22. The molecule has 9 nitrogen and oxygen atoms in total. The lowest BCUT2D eigenvalue weighted by Gasteiger charge is -2.26. The van der Waals surface area contributed by atoms with Crippen molar-refractivity contribution in [3.8, 4) is 0 Å². The second kappa shape index (κ2) is 67.7. The number of unbranched alkanes of at least 4 members (excludes halogenated alkanes) is 52. The average molecular weight is 1200 g/mol. The minimum atomic E-state index is -1.62. The van der Waals surface area contributed by atoms with Gasteiger partial charge in [0.25, 0.3) is 0 Å². The monoisotopic (exact) mass is 1200 g/mol. The molecule has 502 valence electrons. The van der Waals surface area contributed by atoms with E-state index in [4.69, 9.17) is 18.9 Å². The molecule has 9 heteroatoms. The predicted octanol–water partition coefficient (Wildman–Crippen LogP) is 22.0. The van der Waals surface area contributed by atoms with Crippen LogP contribution in [0, 0.1) is 0 Å². The molecule has 2 atom stereocenters. The van der Waals surface area contributed by atoms with Crippen molar-refractivity contribution in [1.82, 2.24) is 0 Å². The van der Waals surface area contributed by atoms with E-state index in [1.54, 1.807) is 0 Å². The molecule has 0 amide bonds. The number of carboxylic acids is 1. The maximum absolute atomic E-state index is 12.9. The molecule has 0 saturated carbocycles. The smallest absolute Gasteiger partial charge is 0.306 e. The number of hydrogen-bond donors (Lipinski definition) is 0. The van der Waals surface area contributed by atoms with Crippen molar-refractivity contribution in [3.63, 3.8) is 0 Å². The van der Waals surface area contributed by atoms with Gasteiger partial charge in [0.15, 0.2) is 12.4 Å². The topological polar surface area (TPSA) is 111 Å². The highest BCUT2D eigenvalue weighted by atomic mass is 16.7. The number of aliphatic carboxylic acids is 1. The zero-order valence-corrected chi connectivity index (χ0v) is 57.5. The summed E-state index contributed by atoms with van der Waals surface area (Å²) in [5, 5.41) is 11.8. The second-order valence-electron chi connectivity index (χ2n) is 26.9. The Hall–Kier alpha value is -2.23. The molecule has 0 fully saturated rings. The lowest BCUT2D eigenvalue weighted by atomic mass is 10.0. The van der Waals surface area contributed by atoms with Gasteiger partial charge in [0.1, 0.15) is 13.2 Å². The van der Waals surface area contributed by atoms with Crippen LogP contribution in [-0.4, -0.2) is 82.3 Å². The number of hydrogen-bond acceptors (Lipinski definition) is 8. The van der Waals surface area contributed by atoms with Gasteiger partial charge in [-0.2, -0.15) is 0 Å². The fourth-order valence-corrected chi connectivity index (χ4v) is 11.4. The quantitative estimate of drug-likeness (QED) is 0.0195. The first-order valence-corrected chi connectivity index (χ1v) is 37.5. The maximum atomic E-state index is 12.9. The molecule has 0 aliphatic heterocycles. The molecule has 0 aliphatic rings. The van der Waals surface area contributed by atoms with Crippen molar-refractivity contribution in [3.05, 3.63) is 24.3 Å². The summed E-state index contributed by atoms with van der Waals surface area (Å²) >= 11 is 0. The number of allylic oxidation sites excluding steroid dienone is 4. The highest BCUT2D eigenvalue weighted by Crippen LogP contribution is 2.19. The number of esters is 2. The van der Waals surface area contributed by atoms with E-state index in [2.05, 4.69) is 38.2 Å². The molecule has 0 N–H and O–H groups in total. The van der Waals surface area contributed by atoms with Crippen molar-refractivity contribution in [1.29, 1.82) is 0 Å². The van der Waals surface area contributed by atoms with Gasteiger partial charge in [0, 0.05) is 12.8 Å². The number of ether oxygens (including phenoxy) is 4. The van der Waals surface area contributed by atoms with E-state index in [1.807, 2.05) is 21.1 Å². The van der Waals surface area contributed by atoms with Crippen LogP contribution in [0.25, 0.3) is 0 Å². The Morgan fingerprint density at radius 2 is 0.600 bits per heavy atom. The Morgan fingerprint density at radius 1 is 0.341 bits per heavy atom. The SMILES string of the molecule is CCCCCCCCCC/C=C\CCCCCCCCCCCCCCCCCCCCCC(=O)OC(COC(=O)CCCCCCCCCCCCCCCCCCC/C=C\CCCCCCCCCC)COC(OCC[N+](C)(C)C)C(=O)[O-]. The maximum Gasteiger partial charge on any atom is 0.306 e. The summed E-state index contributed by atoms with van der Waals surface area (Å²) in [5.41, 5.74) is 0. The Kier molecular flexibility index (Phi) is 65.9. The van der Waals surface area contributed by atoms with Crippen LogP contribution < -0.4 is 5.11 Å². The van der Waals surface area contributed by atoms with E-state index < -0.39 is 24.3 Å². The first-order valence-electron chi connectivity index (χ1n) is 37.5. The molecule has 0 aromatic carbocycles. The average Bonchev–Trinajstić information content (AvgIpc) is 3.49. The first kappa shape index (κ1) is 82.8. The lowest BCUT2D eigenvalue weighted by molar-refractivity contribution is -0.870. The van der Waals surface area contributed by atoms with Crippen molar-refractivity contribution in [2.24, 2.45) is 0 Å². The van der Waals surface area contributed by atoms with Crippen LogP contribution in [0.15, 0.2) is 24.3 Å². The van der Waals surface area contributed by atoms with Crippen LogP contribution in [-0.2, 0) is 33.3 Å². The molecule has 0 aromatic rings. The number of carboxylic acid groups (broad SMARTS) is 1. The summed E-state index contributed by atoms with van der Waals surface area (Å²) < 4.78 is 22.9. The molecule has 0 rings (SSSR count). The number of carbonyl (C=O) groups excluding carboxylic acids is 3. The third kappa shape index (κ3) is 69.1. The third-order valence-corrected chi connectivity index (χ3v) is 17.2. The Labute approximate surface area is 528 Å². The summed E-state index contributed by atoms with van der Waals surface area (Å²) in [6.07, 6.45) is 81.4. The van der Waals surface area contributed by atoms with E-state index >= 15 is 0 Å². The van der Waals surface area contributed by atoms with Gasteiger partial charge in [-0.1, -0.05) is 334 Å². The number of carbonyl (C=O) groups is 3. The third-order valence-electron chi connectivity index (χ3n) is 17.2. The molecule has 2 unspecified atom stereocenters. The summed E-state index contributed by atoms with van der Waals surface area (Å²) in [6, 6.07) is 0. The Bertz CT molecular complexity index is 1440. The number of likely N-dealkylation sites (N-methyl/N-ethyl adjacent to an activating group) is 1. The van der Waals surface area contributed by atoms with E-state index in [9.17, 15) is 19.5 Å². The van der Waals surface area contributed by atoms with Gasteiger partial charge >= 0.3 is 11.9 Å². The largest absolute Gasteiger partial charge is 0.545 e. The molecule has 0 spiro atoms. The van der Waals surface area contributed by atoms with Gasteiger partial charge in [0.2, 0.25) is 0 Å². The number of rotatable bonds is 71. The number of quaternary nitrogens is 1. The molecule has 0 radical (unpaired) electrons. The molecule has 85 heavy (non-hydrogen) atoms. The van der Waals surface area contributed by atoms with E-state index in [1.165, 1.54) is 321 Å². The van der Waals surface area contributed by atoms with Crippen LogP contribution in [0.4, 0.5) is 0 Å². The van der Waals surface area contributed by atoms with Gasteiger partial charge in [-0.15, -0.1) is 0 Å². The van der Waals surface area contributed by atoms with Crippen LogP contribution in [0.3, 0.4) is 0 Å². The van der Waals surface area contributed by atoms with Crippen molar-refractivity contribution < 1.29 is 42.9 Å². The van der Waals surface area contributed by atoms with Crippen molar-refractivity contribution >= 4 is 17.9 Å². The fourth-order valence-electron chi connectivity index (χ4n) is 11.4. The van der Waals surface area contributed by atoms with E-state index in [0.717, 1.165) is 38.5 Å². The van der Waals surface area contributed by atoms with E-state index in [0.29, 0.717) is 17.4 Å². The van der Waals surface area contributed by atoms with Crippen LogP contribution >= 0.6 is 0 Å².